The number of nitrogens with two attached hydrogens (primary N) is 1. The molecule has 0 unspecified atom stereocenters. The van der Waals surface area contributed by atoms with Crippen LogP contribution in [0.5, 0.6) is 0 Å². The normalized spacial score (nSPS) is 11.0. The molecule has 1 aromatic heterocycles. The number of nitrogens with zero attached hydrogens (tertiary/aromatic N) is 2. The predicted octanol–water partition coefficient (Wildman–Crippen LogP) is 5.19. The maximum absolute atomic E-state index is 6.32. The van der Waals surface area contributed by atoms with E-state index in [1.807, 2.05) is 12.1 Å². The van der Waals surface area contributed by atoms with Crippen LogP contribution in [0.3, 0.4) is 0 Å². The van der Waals surface area contributed by atoms with Gasteiger partial charge in [-0.2, -0.15) is 0 Å². The van der Waals surface area contributed by atoms with Crippen molar-refractivity contribution in [2.45, 2.75) is 46.1 Å². The maximum Gasteiger partial charge on any atom is 0.131 e. The van der Waals surface area contributed by atoms with E-state index in [9.17, 15) is 0 Å². The standard InChI is InChI=1S/C16H21Cl2N3/c1-3-5-9-21-14(6-4-2)20-15(16(21)19)12-8-7-11(17)10-13(12)18/h7-8,10H,3-6,9,19H2,1-2H3. The van der Waals surface area contributed by atoms with E-state index in [2.05, 4.69) is 18.4 Å². The van der Waals surface area contributed by atoms with Crippen LogP contribution in [0, 0.1) is 0 Å². The van der Waals surface area contributed by atoms with Gasteiger partial charge in [0.05, 0.1) is 5.02 Å². The molecule has 1 heterocycles. The molecule has 2 aromatic rings. The van der Waals surface area contributed by atoms with Crippen molar-refractivity contribution in [3.05, 3.63) is 34.1 Å². The number of imidazole rings is 1. The molecule has 0 aliphatic rings. The molecule has 0 amide bonds. The molecule has 2 N–H and O–H groups in total. The average Bonchev–Trinajstić information content (AvgIpc) is 2.74. The van der Waals surface area contributed by atoms with Gasteiger partial charge < -0.3 is 10.3 Å². The number of benzene rings is 1. The summed E-state index contributed by atoms with van der Waals surface area (Å²) in [5.41, 5.74) is 7.92. The number of aryl methyl sites for hydroxylation is 1. The number of hydrogen-bond donors (Lipinski definition) is 1. The topological polar surface area (TPSA) is 43.8 Å². The van der Waals surface area contributed by atoms with Gasteiger partial charge in [-0.3, -0.25) is 0 Å². The Bertz CT molecular complexity index is 620. The first-order chi connectivity index (χ1) is 10.1. The van der Waals surface area contributed by atoms with Gasteiger partial charge in [-0.1, -0.05) is 43.5 Å². The van der Waals surface area contributed by atoms with Crippen LogP contribution in [0.4, 0.5) is 5.82 Å². The Hall–Kier alpha value is -1.19. The van der Waals surface area contributed by atoms with E-state index in [0.717, 1.165) is 49.3 Å². The molecule has 2 rings (SSSR count). The van der Waals surface area contributed by atoms with Gasteiger partial charge in [-0.25, -0.2) is 4.98 Å². The summed E-state index contributed by atoms with van der Waals surface area (Å²) in [7, 11) is 0. The van der Waals surface area contributed by atoms with Crippen LogP contribution in [-0.4, -0.2) is 9.55 Å². The molecule has 0 spiro atoms. The molecule has 1 aromatic carbocycles. The van der Waals surface area contributed by atoms with Crippen LogP contribution in [0.1, 0.15) is 38.9 Å². The average molecular weight is 326 g/mol. The van der Waals surface area contributed by atoms with Crippen molar-refractivity contribution < 1.29 is 0 Å². The molecule has 114 valence electrons. The Kier molecular flexibility index (Phi) is 5.54. The van der Waals surface area contributed by atoms with Crippen LogP contribution in [0.2, 0.25) is 10.0 Å². The summed E-state index contributed by atoms with van der Waals surface area (Å²) >= 11 is 12.2. The molecule has 0 atom stereocenters. The number of aromatic nitrogens is 2. The molecule has 0 bridgehead atoms. The summed E-state index contributed by atoms with van der Waals surface area (Å²) in [5.74, 6) is 1.72. The number of halogens is 2. The summed E-state index contributed by atoms with van der Waals surface area (Å²) in [6, 6.07) is 5.42. The number of hydrogen-bond acceptors (Lipinski definition) is 2. The third-order valence-corrected chi connectivity index (χ3v) is 4.03. The first-order valence-electron chi connectivity index (χ1n) is 7.38. The fourth-order valence-electron chi connectivity index (χ4n) is 2.37. The Labute approximate surface area is 136 Å². The van der Waals surface area contributed by atoms with E-state index in [4.69, 9.17) is 33.9 Å². The fourth-order valence-corrected chi connectivity index (χ4v) is 2.87. The number of nitrogen functional groups attached to an aromatic ring is 1. The SMILES string of the molecule is CCCCn1c(CCC)nc(-c2ccc(Cl)cc2Cl)c1N. The van der Waals surface area contributed by atoms with Crippen LogP contribution < -0.4 is 5.73 Å². The molecule has 21 heavy (non-hydrogen) atoms. The maximum atomic E-state index is 6.32. The van der Waals surface area contributed by atoms with E-state index in [0.29, 0.717) is 15.9 Å². The first-order valence-corrected chi connectivity index (χ1v) is 8.14. The van der Waals surface area contributed by atoms with Gasteiger partial charge in [0, 0.05) is 23.6 Å². The predicted molar refractivity (Wildman–Crippen MR) is 91.0 cm³/mol. The van der Waals surface area contributed by atoms with Gasteiger partial charge in [0.15, 0.2) is 0 Å². The van der Waals surface area contributed by atoms with Crippen molar-refractivity contribution in [1.29, 1.82) is 0 Å². The van der Waals surface area contributed by atoms with Crippen molar-refractivity contribution in [1.82, 2.24) is 9.55 Å². The lowest BCUT2D eigenvalue weighted by atomic mass is 10.1. The third kappa shape index (κ3) is 3.53. The summed E-state index contributed by atoms with van der Waals surface area (Å²) in [5, 5.41) is 1.19. The van der Waals surface area contributed by atoms with E-state index in [1.54, 1.807) is 6.07 Å². The highest BCUT2D eigenvalue weighted by atomic mass is 35.5. The quantitative estimate of drug-likeness (QED) is 0.793. The van der Waals surface area contributed by atoms with Crippen molar-refractivity contribution >= 4 is 29.0 Å². The van der Waals surface area contributed by atoms with E-state index >= 15 is 0 Å². The lowest BCUT2D eigenvalue weighted by molar-refractivity contribution is 0.604. The third-order valence-electron chi connectivity index (χ3n) is 3.48. The molecule has 0 radical (unpaired) electrons. The molecular formula is C16H21Cl2N3. The zero-order valence-electron chi connectivity index (χ0n) is 12.5. The Morgan fingerprint density at radius 1 is 1.19 bits per heavy atom. The van der Waals surface area contributed by atoms with E-state index < -0.39 is 0 Å². The molecule has 0 aliphatic heterocycles. The van der Waals surface area contributed by atoms with Gasteiger partial charge in [0.25, 0.3) is 0 Å². The van der Waals surface area contributed by atoms with Crippen molar-refractivity contribution in [2.24, 2.45) is 0 Å². The van der Waals surface area contributed by atoms with Crippen molar-refractivity contribution in [3.8, 4) is 11.3 Å². The molecule has 0 aliphatic carbocycles. The minimum Gasteiger partial charge on any atom is -0.383 e. The van der Waals surface area contributed by atoms with Crippen LogP contribution in [-0.2, 0) is 13.0 Å². The zero-order valence-corrected chi connectivity index (χ0v) is 14.0. The Morgan fingerprint density at radius 3 is 2.57 bits per heavy atom. The lowest BCUT2D eigenvalue weighted by Crippen LogP contribution is -2.07. The lowest BCUT2D eigenvalue weighted by Gasteiger charge is -2.08. The van der Waals surface area contributed by atoms with Gasteiger partial charge in [-0.15, -0.1) is 0 Å². The monoisotopic (exact) mass is 325 g/mol. The second kappa shape index (κ2) is 7.19. The minimum atomic E-state index is 0.581. The smallest absolute Gasteiger partial charge is 0.131 e. The van der Waals surface area contributed by atoms with Gasteiger partial charge in [0.2, 0.25) is 0 Å². The van der Waals surface area contributed by atoms with Gasteiger partial charge in [0.1, 0.15) is 17.3 Å². The largest absolute Gasteiger partial charge is 0.383 e. The van der Waals surface area contributed by atoms with Crippen LogP contribution >= 0.6 is 23.2 Å². The fraction of sp³-hybridized carbons (Fsp3) is 0.438. The summed E-state index contributed by atoms with van der Waals surface area (Å²) in [6.45, 7) is 5.21. The summed E-state index contributed by atoms with van der Waals surface area (Å²) < 4.78 is 2.12. The second-order valence-electron chi connectivity index (χ2n) is 5.14. The Balaban J connectivity index is 2.48. The van der Waals surface area contributed by atoms with Gasteiger partial charge >= 0.3 is 0 Å². The van der Waals surface area contributed by atoms with E-state index in [-0.39, 0.29) is 0 Å². The van der Waals surface area contributed by atoms with E-state index in [1.165, 1.54) is 0 Å². The summed E-state index contributed by atoms with van der Waals surface area (Å²) in [4.78, 5) is 4.72. The highest BCUT2D eigenvalue weighted by molar-refractivity contribution is 6.36. The van der Waals surface area contributed by atoms with Crippen LogP contribution in [0.15, 0.2) is 18.2 Å². The number of unbranched alkanes of at least 4 members (excludes halogenated alkanes) is 1. The Morgan fingerprint density at radius 2 is 1.95 bits per heavy atom. The highest BCUT2D eigenvalue weighted by Gasteiger charge is 2.17. The highest BCUT2D eigenvalue weighted by Crippen LogP contribution is 2.34. The first kappa shape index (κ1) is 16.2. The zero-order chi connectivity index (χ0) is 15.4. The second-order valence-corrected chi connectivity index (χ2v) is 5.98. The molecule has 5 heteroatoms. The van der Waals surface area contributed by atoms with Crippen molar-refractivity contribution in [2.75, 3.05) is 5.73 Å². The van der Waals surface area contributed by atoms with Crippen LogP contribution in [0.25, 0.3) is 11.3 Å². The van der Waals surface area contributed by atoms with Crippen molar-refractivity contribution in [3.63, 3.8) is 0 Å². The molecule has 0 saturated heterocycles. The number of rotatable bonds is 6. The van der Waals surface area contributed by atoms with Gasteiger partial charge in [-0.05, 0) is 31.0 Å². The molecule has 0 fully saturated rings. The molecular weight excluding hydrogens is 305 g/mol. The molecule has 3 nitrogen and oxygen atoms in total. The number of anilines is 1. The minimum absolute atomic E-state index is 0.581. The summed E-state index contributed by atoms with van der Waals surface area (Å²) in [6.07, 6.45) is 4.17. The molecule has 0 saturated carbocycles.